The number of amides is 1. The van der Waals surface area contributed by atoms with Crippen molar-refractivity contribution in [2.75, 3.05) is 13.7 Å². The molecule has 0 aliphatic rings. The lowest BCUT2D eigenvalue weighted by Crippen LogP contribution is -2.26. The van der Waals surface area contributed by atoms with E-state index in [2.05, 4.69) is 10.1 Å². The van der Waals surface area contributed by atoms with Gasteiger partial charge in [-0.15, -0.1) is 0 Å². The third kappa shape index (κ3) is 4.28. The first-order chi connectivity index (χ1) is 15.0. The van der Waals surface area contributed by atoms with E-state index in [1.54, 1.807) is 11.9 Å². The van der Waals surface area contributed by atoms with Gasteiger partial charge in [0.1, 0.15) is 5.75 Å². The van der Waals surface area contributed by atoms with Crippen LogP contribution in [0.1, 0.15) is 34.1 Å². The van der Waals surface area contributed by atoms with Crippen molar-refractivity contribution < 1.29 is 14.1 Å². The van der Waals surface area contributed by atoms with Crippen molar-refractivity contribution in [1.82, 2.24) is 15.0 Å². The second kappa shape index (κ2) is 8.60. The summed E-state index contributed by atoms with van der Waals surface area (Å²) in [6, 6.07) is 17.6. The van der Waals surface area contributed by atoms with E-state index < -0.39 is 0 Å². The number of rotatable bonds is 6. The number of carbonyl (C=O) groups is 1. The van der Waals surface area contributed by atoms with Crippen LogP contribution in [-0.4, -0.2) is 34.6 Å². The number of nitrogens with zero attached hydrogens (tertiary/aromatic N) is 3. The molecule has 4 aromatic rings. The van der Waals surface area contributed by atoms with Crippen LogP contribution in [0.15, 0.2) is 59.1 Å². The third-order valence-electron chi connectivity index (χ3n) is 5.20. The molecule has 0 fully saturated rings. The van der Waals surface area contributed by atoms with Crippen LogP contribution in [0.5, 0.6) is 5.75 Å². The largest absolute Gasteiger partial charge is 0.494 e. The highest BCUT2D eigenvalue weighted by Gasteiger charge is 2.22. The van der Waals surface area contributed by atoms with Gasteiger partial charge in [-0.2, -0.15) is 0 Å². The number of aromatic nitrogens is 2. The number of pyridine rings is 1. The standard InChI is InChI=1S/C25H25N3O3/c1-5-30-20-12-8-18(9-13-20)15-28(4)25(29)21-14-22(19-10-6-16(2)7-11-19)26-24-23(21)17(3)27-31-24/h6-14H,5,15H2,1-4H3. The molecule has 31 heavy (non-hydrogen) atoms. The summed E-state index contributed by atoms with van der Waals surface area (Å²) in [7, 11) is 1.79. The maximum absolute atomic E-state index is 13.4. The molecule has 0 atom stereocenters. The summed E-state index contributed by atoms with van der Waals surface area (Å²) in [5, 5.41) is 4.69. The van der Waals surface area contributed by atoms with Gasteiger partial charge >= 0.3 is 0 Å². The quantitative estimate of drug-likeness (QED) is 0.434. The van der Waals surface area contributed by atoms with Crippen LogP contribution < -0.4 is 4.74 Å². The van der Waals surface area contributed by atoms with Gasteiger partial charge in [0, 0.05) is 19.2 Å². The van der Waals surface area contributed by atoms with Crippen molar-refractivity contribution >= 4 is 17.0 Å². The molecule has 0 bridgehead atoms. The summed E-state index contributed by atoms with van der Waals surface area (Å²) in [4.78, 5) is 19.7. The zero-order valence-electron chi connectivity index (χ0n) is 18.2. The molecular weight excluding hydrogens is 390 g/mol. The van der Waals surface area contributed by atoms with E-state index in [1.165, 1.54) is 0 Å². The molecule has 0 spiro atoms. The first-order valence-electron chi connectivity index (χ1n) is 10.3. The highest BCUT2D eigenvalue weighted by atomic mass is 16.5. The Balaban J connectivity index is 1.67. The fraction of sp³-hybridized carbons (Fsp3) is 0.240. The molecule has 158 valence electrons. The van der Waals surface area contributed by atoms with E-state index in [4.69, 9.17) is 9.26 Å². The van der Waals surface area contributed by atoms with Crippen molar-refractivity contribution in [3.8, 4) is 17.0 Å². The van der Waals surface area contributed by atoms with Crippen molar-refractivity contribution in [2.45, 2.75) is 27.3 Å². The smallest absolute Gasteiger partial charge is 0.259 e. The summed E-state index contributed by atoms with van der Waals surface area (Å²) in [5.74, 6) is 0.708. The lowest BCUT2D eigenvalue weighted by Gasteiger charge is -2.18. The highest BCUT2D eigenvalue weighted by Crippen LogP contribution is 2.28. The monoisotopic (exact) mass is 415 g/mol. The normalized spacial score (nSPS) is 11.0. The van der Waals surface area contributed by atoms with E-state index >= 15 is 0 Å². The maximum Gasteiger partial charge on any atom is 0.259 e. The molecule has 4 rings (SSSR count). The lowest BCUT2D eigenvalue weighted by atomic mass is 10.0. The number of ether oxygens (including phenoxy) is 1. The predicted molar refractivity (Wildman–Crippen MR) is 120 cm³/mol. The molecule has 0 aliphatic heterocycles. The first kappa shape index (κ1) is 20.6. The fourth-order valence-electron chi connectivity index (χ4n) is 3.54. The van der Waals surface area contributed by atoms with Gasteiger partial charge in [-0.05, 0) is 44.5 Å². The summed E-state index contributed by atoms with van der Waals surface area (Å²) >= 11 is 0. The molecule has 6 heteroatoms. The average molecular weight is 415 g/mol. The topological polar surface area (TPSA) is 68.5 Å². The van der Waals surface area contributed by atoms with E-state index in [0.717, 1.165) is 22.4 Å². The number of aryl methyl sites for hydroxylation is 2. The Kier molecular flexibility index (Phi) is 5.71. The van der Waals surface area contributed by atoms with E-state index in [1.807, 2.05) is 75.4 Å². The van der Waals surface area contributed by atoms with Gasteiger partial charge in [-0.1, -0.05) is 47.1 Å². The average Bonchev–Trinajstić information content (AvgIpc) is 3.15. The predicted octanol–water partition coefficient (Wildman–Crippen LogP) is 5.18. The molecule has 0 unspecified atom stereocenters. The van der Waals surface area contributed by atoms with Gasteiger partial charge < -0.3 is 14.2 Å². The molecule has 2 aromatic carbocycles. The molecule has 0 saturated heterocycles. The van der Waals surface area contributed by atoms with Crippen molar-refractivity contribution in [1.29, 1.82) is 0 Å². The molecule has 0 radical (unpaired) electrons. The minimum atomic E-state index is -0.110. The molecule has 0 N–H and O–H groups in total. The molecule has 1 amide bonds. The maximum atomic E-state index is 13.4. The molecule has 6 nitrogen and oxygen atoms in total. The van der Waals surface area contributed by atoms with E-state index in [0.29, 0.717) is 41.2 Å². The van der Waals surface area contributed by atoms with Crippen LogP contribution in [0.4, 0.5) is 0 Å². The fourth-order valence-corrected chi connectivity index (χ4v) is 3.54. The molecular formula is C25H25N3O3. The van der Waals surface area contributed by atoms with Crippen LogP contribution in [-0.2, 0) is 6.54 Å². The Hall–Kier alpha value is -3.67. The third-order valence-corrected chi connectivity index (χ3v) is 5.20. The van der Waals surface area contributed by atoms with Crippen LogP contribution in [0.2, 0.25) is 0 Å². The Morgan fingerprint density at radius 1 is 1.06 bits per heavy atom. The lowest BCUT2D eigenvalue weighted by molar-refractivity contribution is 0.0787. The van der Waals surface area contributed by atoms with Gasteiger partial charge in [0.15, 0.2) is 0 Å². The Bertz CT molecular complexity index is 1210. The van der Waals surface area contributed by atoms with Crippen molar-refractivity contribution in [2.24, 2.45) is 0 Å². The molecule has 0 aliphatic carbocycles. The first-order valence-corrected chi connectivity index (χ1v) is 10.3. The van der Waals surface area contributed by atoms with Gasteiger partial charge in [-0.3, -0.25) is 4.79 Å². The number of fused-ring (bicyclic) bond motifs is 1. The Morgan fingerprint density at radius 2 is 1.77 bits per heavy atom. The van der Waals surface area contributed by atoms with Gasteiger partial charge in [-0.25, -0.2) is 4.98 Å². The minimum Gasteiger partial charge on any atom is -0.494 e. The number of carbonyl (C=O) groups excluding carboxylic acids is 1. The summed E-state index contributed by atoms with van der Waals surface area (Å²) in [5.41, 5.74) is 5.33. The van der Waals surface area contributed by atoms with Crippen molar-refractivity contribution in [3.05, 3.63) is 77.0 Å². The number of hydrogen-bond donors (Lipinski definition) is 0. The molecule has 2 heterocycles. The Labute approximate surface area is 181 Å². The molecule has 0 saturated carbocycles. The highest BCUT2D eigenvalue weighted by molar-refractivity contribution is 6.06. The number of benzene rings is 2. The minimum absolute atomic E-state index is 0.110. The van der Waals surface area contributed by atoms with Crippen molar-refractivity contribution in [3.63, 3.8) is 0 Å². The van der Waals surface area contributed by atoms with Gasteiger partial charge in [0.05, 0.1) is 28.9 Å². The van der Waals surface area contributed by atoms with Crippen LogP contribution in [0.3, 0.4) is 0 Å². The summed E-state index contributed by atoms with van der Waals surface area (Å²) in [6.45, 7) is 6.90. The number of hydrogen-bond acceptors (Lipinski definition) is 5. The zero-order chi connectivity index (χ0) is 22.0. The van der Waals surface area contributed by atoms with Gasteiger partial charge in [0.25, 0.3) is 11.6 Å². The van der Waals surface area contributed by atoms with Crippen LogP contribution in [0.25, 0.3) is 22.4 Å². The van der Waals surface area contributed by atoms with E-state index in [-0.39, 0.29) is 5.91 Å². The second-order valence-electron chi connectivity index (χ2n) is 7.61. The van der Waals surface area contributed by atoms with E-state index in [9.17, 15) is 4.79 Å². The summed E-state index contributed by atoms with van der Waals surface area (Å²) in [6.07, 6.45) is 0. The Morgan fingerprint density at radius 3 is 2.45 bits per heavy atom. The van der Waals surface area contributed by atoms with Crippen LogP contribution in [0, 0.1) is 13.8 Å². The SMILES string of the molecule is CCOc1ccc(CN(C)C(=O)c2cc(-c3ccc(C)cc3)nc3onc(C)c23)cc1. The molecule has 2 aromatic heterocycles. The van der Waals surface area contributed by atoms with Gasteiger partial charge in [0.2, 0.25) is 0 Å². The second-order valence-corrected chi connectivity index (χ2v) is 7.61. The zero-order valence-corrected chi connectivity index (χ0v) is 18.2. The summed E-state index contributed by atoms with van der Waals surface area (Å²) < 4.78 is 10.9. The van der Waals surface area contributed by atoms with Crippen LogP contribution >= 0.6 is 0 Å².